The van der Waals surface area contributed by atoms with Gasteiger partial charge in [0, 0.05) is 13.0 Å². The van der Waals surface area contributed by atoms with Crippen molar-refractivity contribution in [2.45, 2.75) is 12.6 Å². The van der Waals surface area contributed by atoms with E-state index in [0.717, 1.165) is 5.56 Å². The normalized spacial score (nSPS) is 12.4. The molecule has 0 aliphatic carbocycles. The lowest BCUT2D eigenvalue weighted by molar-refractivity contribution is 0.234. The molecule has 0 saturated heterocycles. The summed E-state index contributed by atoms with van der Waals surface area (Å²) in [6.07, 6.45) is 4.74. The summed E-state index contributed by atoms with van der Waals surface area (Å²) in [6.45, 7) is 0.883. The number of hydrogen-bond donors (Lipinski definition) is 0. The zero-order chi connectivity index (χ0) is 11.1. The lowest BCUT2D eigenvalue weighted by atomic mass is 10.1. The van der Waals surface area contributed by atoms with Crippen molar-refractivity contribution in [3.05, 3.63) is 35.9 Å². The Morgan fingerprint density at radius 3 is 2.67 bits per heavy atom. The van der Waals surface area contributed by atoms with Crippen molar-refractivity contribution in [2.75, 3.05) is 20.1 Å². The molecule has 0 bridgehead atoms. The van der Waals surface area contributed by atoms with Crippen molar-refractivity contribution in [2.24, 2.45) is 0 Å². The Bertz CT molecular complexity index is 315. The van der Waals surface area contributed by atoms with Crippen LogP contribution in [0.1, 0.15) is 5.56 Å². The highest BCUT2D eigenvalue weighted by atomic mass is 18.2. The molecular weight excluding hydrogens is 188 g/mol. The molecule has 80 valence electrons. The van der Waals surface area contributed by atoms with E-state index in [0.29, 0.717) is 19.5 Å². The van der Waals surface area contributed by atoms with Gasteiger partial charge in [-0.25, -0.2) is 4.39 Å². The van der Waals surface area contributed by atoms with Crippen molar-refractivity contribution in [3.8, 4) is 12.3 Å². The number of halogens is 1. The fourth-order valence-corrected chi connectivity index (χ4v) is 1.49. The monoisotopic (exact) mass is 204 g/mol. The molecule has 1 atom stereocenters. The second-order valence-electron chi connectivity index (χ2n) is 3.69. The van der Waals surface area contributed by atoms with Crippen LogP contribution in [-0.2, 0) is 6.42 Å². The number of terminal acetylenes is 1. The molecular formula is C13H16FN. The Morgan fingerprint density at radius 2 is 2.07 bits per heavy atom. The summed E-state index contributed by atoms with van der Waals surface area (Å²) in [5.41, 5.74) is 1.03. The van der Waals surface area contributed by atoms with Crippen LogP contribution in [-0.4, -0.2) is 31.2 Å². The number of nitrogens with zero attached hydrogens (tertiary/aromatic N) is 1. The zero-order valence-electron chi connectivity index (χ0n) is 8.99. The van der Waals surface area contributed by atoms with E-state index in [2.05, 4.69) is 5.92 Å². The quantitative estimate of drug-likeness (QED) is 0.664. The molecule has 0 aliphatic rings. The van der Waals surface area contributed by atoms with Gasteiger partial charge in [-0.3, -0.25) is 4.90 Å². The third kappa shape index (κ3) is 4.62. The standard InChI is InChI=1S/C13H16FN/c1-3-9-15(2)11-13(14)10-12-7-5-4-6-8-12/h1,4-8,13H,9-11H2,2H3/t13-/m1/s1/i14-1. The predicted molar refractivity (Wildman–Crippen MR) is 61.4 cm³/mol. The summed E-state index contributed by atoms with van der Waals surface area (Å²) in [5, 5.41) is 0. The van der Waals surface area contributed by atoms with Crippen molar-refractivity contribution in [1.82, 2.24) is 4.90 Å². The number of rotatable bonds is 5. The Labute approximate surface area is 90.9 Å². The van der Waals surface area contributed by atoms with Crippen LogP contribution in [0.25, 0.3) is 0 Å². The minimum Gasteiger partial charge on any atom is -0.293 e. The molecule has 2 heteroatoms. The molecule has 1 rings (SSSR count). The molecule has 1 nitrogen and oxygen atoms in total. The number of benzene rings is 1. The van der Waals surface area contributed by atoms with Gasteiger partial charge in [0.2, 0.25) is 0 Å². The maximum absolute atomic E-state index is 13.6. The summed E-state index contributed by atoms with van der Waals surface area (Å²) in [5.74, 6) is 2.50. The van der Waals surface area contributed by atoms with Gasteiger partial charge in [-0.1, -0.05) is 36.3 Å². The third-order valence-corrected chi connectivity index (χ3v) is 2.17. The van der Waals surface area contributed by atoms with E-state index in [-0.39, 0.29) is 0 Å². The maximum atomic E-state index is 13.6. The van der Waals surface area contributed by atoms with Crippen LogP contribution in [0.5, 0.6) is 0 Å². The molecule has 15 heavy (non-hydrogen) atoms. The van der Waals surface area contributed by atoms with Gasteiger partial charge < -0.3 is 0 Å². The highest BCUT2D eigenvalue weighted by Gasteiger charge is 2.09. The van der Waals surface area contributed by atoms with Crippen molar-refractivity contribution in [3.63, 3.8) is 0 Å². The van der Waals surface area contributed by atoms with Crippen LogP contribution in [0, 0.1) is 12.3 Å². The first-order chi connectivity index (χ1) is 7.22. The highest BCUT2D eigenvalue weighted by molar-refractivity contribution is 5.15. The van der Waals surface area contributed by atoms with Gasteiger partial charge in [-0.15, -0.1) is 6.42 Å². The molecule has 1 aromatic rings. The lowest BCUT2D eigenvalue weighted by Crippen LogP contribution is -2.28. The van der Waals surface area contributed by atoms with Crippen LogP contribution in [0.15, 0.2) is 30.3 Å². The van der Waals surface area contributed by atoms with Gasteiger partial charge >= 0.3 is 0 Å². The van der Waals surface area contributed by atoms with Crippen molar-refractivity contribution < 1.29 is 4.39 Å². The van der Waals surface area contributed by atoms with Crippen molar-refractivity contribution in [1.29, 1.82) is 0 Å². The third-order valence-electron chi connectivity index (χ3n) is 2.17. The molecule has 0 spiro atoms. The molecule has 0 saturated carbocycles. The van der Waals surface area contributed by atoms with E-state index in [9.17, 15) is 4.39 Å². The SMILES string of the molecule is C#CCN(C)C[C@H]([18F])Cc1ccccc1. The van der Waals surface area contributed by atoms with E-state index >= 15 is 0 Å². The van der Waals surface area contributed by atoms with Crippen molar-refractivity contribution >= 4 is 0 Å². The van der Waals surface area contributed by atoms with E-state index in [1.54, 1.807) is 0 Å². The fourth-order valence-electron chi connectivity index (χ4n) is 1.49. The van der Waals surface area contributed by atoms with E-state index in [4.69, 9.17) is 6.42 Å². The van der Waals surface area contributed by atoms with Gasteiger partial charge in [-0.05, 0) is 12.6 Å². The Balaban J connectivity index is 2.37. The smallest absolute Gasteiger partial charge is 0.117 e. The maximum Gasteiger partial charge on any atom is 0.117 e. The molecule has 0 fully saturated rings. The summed E-state index contributed by atoms with van der Waals surface area (Å²) < 4.78 is 13.6. The number of alkyl halides is 1. The first-order valence-corrected chi connectivity index (χ1v) is 5.02. The van der Waals surface area contributed by atoms with Gasteiger partial charge in [0.15, 0.2) is 0 Å². The van der Waals surface area contributed by atoms with Crippen LogP contribution in [0.4, 0.5) is 4.39 Å². The van der Waals surface area contributed by atoms with E-state index < -0.39 is 6.17 Å². The molecule has 0 aliphatic heterocycles. The van der Waals surface area contributed by atoms with E-state index in [1.165, 1.54) is 0 Å². The average molecular weight is 204 g/mol. The van der Waals surface area contributed by atoms with Crippen LogP contribution in [0.3, 0.4) is 0 Å². The predicted octanol–water partition coefficient (Wildman–Crippen LogP) is 2.13. The molecule has 0 aromatic heterocycles. The summed E-state index contributed by atoms with van der Waals surface area (Å²) >= 11 is 0. The Hall–Kier alpha value is -1.33. The zero-order valence-corrected chi connectivity index (χ0v) is 8.99. The molecule has 0 N–H and O–H groups in total. The largest absolute Gasteiger partial charge is 0.293 e. The highest BCUT2D eigenvalue weighted by Crippen LogP contribution is 2.06. The summed E-state index contributed by atoms with van der Waals surface area (Å²) in [6, 6.07) is 9.66. The van der Waals surface area contributed by atoms with Gasteiger partial charge in [0.25, 0.3) is 0 Å². The average Bonchev–Trinajstić information content (AvgIpc) is 2.19. The second-order valence-corrected chi connectivity index (χ2v) is 3.69. The Kier molecular flexibility index (Phi) is 4.86. The fraction of sp³-hybridized carbons (Fsp3) is 0.385. The minimum atomic E-state index is -0.856. The van der Waals surface area contributed by atoms with Crippen LogP contribution in [0.2, 0.25) is 0 Å². The Morgan fingerprint density at radius 1 is 1.40 bits per heavy atom. The molecule has 0 radical (unpaired) electrons. The molecule has 0 unspecified atom stereocenters. The minimum absolute atomic E-state index is 0.388. The molecule has 0 heterocycles. The first-order valence-electron chi connectivity index (χ1n) is 5.02. The summed E-state index contributed by atoms with van der Waals surface area (Å²) in [4.78, 5) is 1.81. The van der Waals surface area contributed by atoms with Gasteiger partial charge in [0.1, 0.15) is 6.17 Å². The molecule has 1 aromatic carbocycles. The van der Waals surface area contributed by atoms with Gasteiger partial charge in [-0.2, -0.15) is 0 Å². The summed E-state index contributed by atoms with van der Waals surface area (Å²) in [7, 11) is 1.83. The van der Waals surface area contributed by atoms with Crippen LogP contribution >= 0.6 is 0 Å². The van der Waals surface area contributed by atoms with E-state index in [1.807, 2.05) is 42.3 Å². The second kappa shape index (κ2) is 6.21. The first kappa shape index (κ1) is 11.7. The topological polar surface area (TPSA) is 3.24 Å². The lowest BCUT2D eigenvalue weighted by Gasteiger charge is -2.16. The molecule has 0 amide bonds. The number of hydrogen-bond acceptors (Lipinski definition) is 1. The van der Waals surface area contributed by atoms with Crippen LogP contribution < -0.4 is 0 Å². The van der Waals surface area contributed by atoms with Gasteiger partial charge in [0.05, 0.1) is 6.54 Å².